The molecule has 0 saturated carbocycles. The molecule has 1 aromatic rings. The highest BCUT2D eigenvalue weighted by Gasteiger charge is 2.16. The molecule has 0 saturated heterocycles. The molecule has 1 aromatic heterocycles. The number of nitrogens with zero attached hydrogens (tertiary/aromatic N) is 1. The molecule has 74 valence electrons. The number of thiol groups is 1. The summed E-state index contributed by atoms with van der Waals surface area (Å²) in [6.07, 6.45) is 6.24. The maximum absolute atomic E-state index is 9.66. The van der Waals surface area contributed by atoms with Gasteiger partial charge in [0.05, 0.1) is 5.69 Å². The van der Waals surface area contributed by atoms with Crippen LogP contribution in [0.2, 0.25) is 0 Å². The molecule has 1 rings (SSSR count). The molecule has 0 bridgehead atoms. The van der Waals surface area contributed by atoms with Crippen molar-refractivity contribution in [2.24, 2.45) is 0 Å². The Bertz CT molecular complexity index is 274. The monoisotopic (exact) mass is 199 g/mol. The number of pyridine rings is 1. The van der Waals surface area contributed by atoms with Crippen LogP contribution in [0.4, 0.5) is 0 Å². The first kappa shape index (κ1) is 10.5. The van der Waals surface area contributed by atoms with Crippen molar-refractivity contribution in [1.82, 2.24) is 4.98 Å². The molecule has 0 radical (unpaired) electrons. The summed E-state index contributed by atoms with van der Waals surface area (Å²) in [4.78, 5) is 5.50. The van der Waals surface area contributed by atoms with Crippen molar-refractivity contribution in [3.63, 3.8) is 0 Å². The maximum atomic E-state index is 9.66. The van der Waals surface area contributed by atoms with E-state index in [4.69, 9.17) is 0 Å². The van der Waals surface area contributed by atoms with Crippen LogP contribution in [0.15, 0.2) is 23.2 Å². The van der Waals surface area contributed by atoms with E-state index in [-0.39, 0.29) is 10.9 Å². The fourth-order valence-electron chi connectivity index (χ4n) is 1.01. The molecular formula is C10H17NOS. The summed E-state index contributed by atoms with van der Waals surface area (Å²) in [7, 11) is -0.0880. The summed E-state index contributed by atoms with van der Waals surface area (Å²) in [5, 5.41) is 9.66. The van der Waals surface area contributed by atoms with Gasteiger partial charge in [-0.2, -0.15) is 0 Å². The summed E-state index contributed by atoms with van der Waals surface area (Å²) >= 11 is 0. The zero-order valence-corrected chi connectivity index (χ0v) is 9.47. The highest BCUT2D eigenvalue weighted by molar-refractivity contribution is 8.15. The molecule has 0 aliphatic carbocycles. The van der Waals surface area contributed by atoms with Crippen LogP contribution < -0.4 is 0 Å². The first-order valence-electron chi connectivity index (χ1n) is 4.27. The van der Waals surface area contributed by atoms with E-state index in [0.717, 1.165) is 5.69 Å². The summed E-state index contributed by atoms with van der Waals surface area (Å²) < 4.78 is 0. The average Bonchev–Trinajstić information content (AvgIpc) is 2.03. The highest BCUT2D eigenvalue weighted by Crippen LogP contribution is 2.28. The Morgan fingerprint density at radius 3 is 2.23 bits per heavy atom. The minimum Gasteiger partial charge on any atom is -0.384 e. The minimum atomic E-state index is -0.831. The molecule has 0 unspecified atom stereocenters. The Morgan fingerprint density at radius 1 is 1.31 bits per heavy atom. The minimum absolute atomic E-state index is 0.0880. The van der Waals surface area contributed by atoms with Crippen LogP contribution in [0.5, 0.6) is 0 Å². The van der Waals surface area contributed by atoms with Gasteiger partial charge in [0.15, 0.2) is 0 Å². The topological polar surface area (TPSA) is 33.1 Å². The van der Waals surface area contributed by atoms with Gasteiger partial charge in [0.25, 0.3) is 0 Å². The van der Waals surface area contributed by atoms with Crippen LogP contribution >= 0.6 is 10.9 Å². The third-order valence-electron chi connectivity index (χ3n) is 1.89. The van der Waals surface area contributed by atoms with Gasteiger partial charge in [-0.1, -0.05) is 0 Å². The van der Waals surface area contributed by atoms with Crippen molar-refractivity contribution in [2.75, 3.05) is 12.5 Å². The van der Waals surface area contributed by atoms with Crippen molar-refractivity contribution >= 4 is 10.9 Å². The first-order chi connectivity index (χ1) is 5.91. The van der Waals surface area contributed by atoms with Gasteiger partial charge >= 0.3 is 0 Å². The third-order valence-corrected chi connectivity index (χ3v) is 3.19. The molecule has 13 heavy (non-hydrogen) atoms. The van der Waals surface area contributed by atoms with Crippen molar-refractivity contribution in [2.45, 2.75) is 24.3 Å². The summed E-state index contributed by atoms with van der Waals surface area (Å²) in [6, 6.07) is 3.95. The lowest BCUT2D eigenvalue weighted by atomic mass is 10.1. The first-order valence-corrected chi connectivity index (χ1v) is 6.51. The van der Waals surface area contributed by atoms with Gasteiger partial charge in [0.2, 0.25) is 0 Å². The standard InChI is InChI=1S/C10H17NOS/c1-10(2,12)9-6-5-8(7-11-9)13(3)4/h5-7,12-13H,1-4H3. The van der Waals surface area contributed by atoms with Crippen LogP contribution in [0.25, 0.3) is 0 Å². The van der Waals surface area contributed by atoms with Gasteiger partial charge in [-0.05, 0) is 38.5 Å². The quantitative estimate of drug-likeness (QED) is 0.713. The fraction of sp³-hybridized carbons (Fsp3) is 0.500. The van der Waals surface area contributed by atoms with E-state index in [1.54, 1.807) is 13.8 Å². The molecule has 1 heterocycles. The Balaban J connectivity index is 2.94. The lowest BCUT2D eigenvalue weighted by molar-refractivity contribution is 0.0737. The normalized spacial score (nSPS) is 12.8. The molecule has 0 amide bonds. The lowest BCUT2D eigenvalue weighted by Gasteiger charge is -2.17. The Morgan fingerprint density at radius 2 is 1.92 bits per heavy atom. The number of hydrogen-bond donors (Lipinski definition) is 2. The number of rotatable bonds is 2. The highest BCUT2D eigenvalue weighted by atomic mass is 32.2. The predicted octanol–water partition coefficient (Wildman–Crippen LogP) is 1.93. The summed E-state index contributed by atoms with van der Waals surface area (Å²) in [6.45, 7) is 3.49. The second kappa shape index (κ2) is 3.68. The number of aliphatic hydroxyl groups is 1. The summed E-state index contributed by atoms with van der Waals surface area (Å²) in [5.41, 5.74) is -0.101. The van der Waals surface area contributed by atoms with Crippen molar-refractivity contribution in [3.05, 3.63) is 24.0 Å². The van der Waals surface area contributed by atoms with Gasteiger partial charge in [0, 0.05) is 11.1 Å². The predicted molar refractivity (Wildman–Crippen MR) is 58.6 cm³/mol. The van der Waals surface area contributed by atoms with E-state index < -0.39 is 5.60 Å². The molecule has 0 spiro atoms. The fourth-order valence-corrected chi connectivity index (χ4v) is 1.67. The smallest absolute Gasteiger partial charge is 0.101 e. The van der Waals surface area contributed by atoms with Crippen LogP contribution in [0, 0.1) is 0 Å². The van der Waals surface area contributed by atoms with Gasteiger partial charge in [-0.25, -0.2) is 10.9 Å². The molecule has 0 fully saturated rings. The largest absolute Gasteiger partial charge is 0.384 e. The molecule has 1 N–H and O–H groups in total. The van der Waals surface area contributed by atoms with Crippen molar-refractivity contribution in [1.29, 1.82) is 0 Å². The zero-order chi connectivity index (χ0) is 10.1. The zero-order valence-electron chi connectivity index (χ0n) is 8.57. The SMILES string of the molecule is C[SH](C)c1ccc(C(C)(C)O)nc1. The molecule has 3 heteroatoms. The molecule has 0 aromatic carbocycles. The van der Waals surface area contributed by atoms with Crippen LogP contribution in [0.1, 0.15) is 19.5 Å². The van der Waals surface area contributed by atoms with Crippen molar-refractivity contribution < 1.29 is 5.11 Å². The molecular weight excluding hydrogens is 182 g/mol. The van der Waals surface area contributed by atoms with Gasteiger partial charge in [-0.15, -0.1) is 0 Å². The van der Waals surface area contributed by atoms with E-state index in [1.165, 1.54) is 4.90 Å². The second-order valence-electron chi connectivity index (χ2n) is 3.86. The molecule has 2 nitrogen and oxygen atoms in total. The third kappa shape index (κ3) is 2.71. The van der Waals surface area contributed by atoms with E-state index in [1.807, 2.05) is 18.3 Å². The second-order valence-corrected chi connectivity index (χ2v) is 6.16. The van der Waals surface area contributed by atoms with E-state index >= 15 is 0 Å². The average molecular weight is 199 g/mol. The Labute approximate surface area is 82.4 Å². The summed E-state index contributed by atoms with van der Waals surface area (Å²) in [5.74, 6) is 0. The maximum Gasteiger partial charge on any atom is 0.101 e. The Hall–Kier alpha value is -0.540. The van der Waals surface area contributed by atoms with Gasteiger partial charge in [0.1, 0.15) is 5.60 Å². The van der Waals surface area contributed by atoms with E-state index in [9.17, 15) is 5.11 Å². The van der Waals surface area contributed by atoms with E-state index in [2.05, 4.69) is 17.5 Å². The molecule has 0 aliphatic heterocycles. The van der Waals surface area contributed by atoms with Crippen molar-refractivity contribution in [3.8, 4) is 0 Å². The Kier molecular flexibility index (Phi) is 2.98. The number of aromatic nitrogens is 1. The van der Waals surface area contributed by atoms with Crippen LogP contribution in [-0.2, 0) is 5.60 Å². The van der Waals surface area contributed by atoms with Gasteiger partial charge < -0.3 is 5.11 Å². The lowest BCUT2D eigenvalue weighted by Crippen LogP contribution is -2.17. The van der Waals surface area contributed by atoms with E-state index in [0.29, 0.717) is 0 Å². The van der Waals surface area contributed by atoms with Crippen LogP contribution in [-0.4, -0.2) is 22.6 Å². The van der Waals surface area contributed by atoms with Crippen LogP contribution in [0.3, 0.4) is 0 Å². The molecule has 0 atom stereocenters. The number of hydrogen-bond acceptors (Lipinski definition) is 2. The molecule has 0 aliphatic rings. The van der Waals surface area contributed by atoms with Gasteiger partial charge in [-0.3, -0.25) is 4.98 Å².